The van der Waals surface area contributed by atoms with Crippen LogP contribution in [0.2, 0.25) is 0 Å². The van der Waals surface area contributed by atoms with E-state index in [0.717, 1.165) is 5.56 Å². The minimum absolute atomic E-state index is 0.397. The summed E-state index contributed by atoms with van der Waals surface area (Å²) >= 11 is 0. The first kappa shape index (κ1) is 16.9. The number of hydrogen-bond donors (Lipinski definition) is 0. The monoisotopic (exact) mass is 327 g/mol. The van der Waals surface area contributed by atoms with Crippen molar-refractivity contribution in [3.8, 4) is 6.07 Å². The molecule has 4 nitrogen and oxygen atoms in total. The number of hydrogen-bond acceptors (Lipinski definition) is 4. The molecule has 2 rings (SSSR count). The van der Waals surface area contributed by atoms with E-state index < -0.39 is 22.2 Å². The predicted molar refractivity (Wildman–Crippen MR) is 87.3 cm³/mol. The van der Waals surface area contributed by atoms with Gasteiger partial charge in [0.1, 0.15) is 0 Å². The fourth-order valence-electron chi connectivity index (χ4n) is 2.25. The van der Waals surface area contributed by atoms with Crippen LogP contribution in [0.4, 0.5) is 0 Å². The number of aryl methyl sites for hydroxylation is 1. The predicted octanol–water partition coefficient (Wildman–Crippen LogP) is 3.12. The van der Waals surface area contributed by atoms with E-state index in [2.05, 4.69) is 0 Å². The molecule has 2 atom stereocenters. The maximum Gasteiger partial charge on any atom is 0.330 e. The number of nitrogens with zero attached hydrogens (tertiary/aromatic N) is 1. The van der Waals surface area contributed by atoms with Crippen LogP contribution in [-0.4, -0.2) is 17.3 Å². The van der Waals surface area contributed by atoms with Gasteiger partial charge in [-0.1, -0.05) is 35.9 Å². The highest BCUT2D eigenvalue weighted by Crippen LogP contribution is 2.31. The van der Waals surface area contributed by atoms with Gasteiger partial charge in [-0.25, -0.2) is 9.00 Å². The number of methoxy groups -OCH3 is 1. The van der Waals surface area contributed by atoms with Crippen LogP contribution in [0.3, 0.4) is 0 Å². The summed E-state index contributed by atoms with van der Waals surface area (Å²) in [6, 6.07) is 16.1. The number of benzene rings is 2. The molecule has 23 heavy (non-hydrogen) atoms. The van der Waals surface area contributed by atoms with Crippen LogP contribution in [-0.2, 0) is 25.7 Å². The van der Waals surface area contributed by atoms with Crippen molar-refractivity contribution < 1.29 is 13.7 Å². The summed E-state index contributed by atoms with van der Waals surface area (Å²) in [7, 11) is -0.259. The van der Waals surface area contributed by atoms with E-state index in [4.69, 9.17) is 4.74 Å². The standard InChI is InChI=1S/C18H17NO3S/c1-13-8-10-14(11-9-13)23(21)16-7-5-4-6-15(16)18(2,12-19)17(20)22-3/h4-11H,1-3H3/t18-,23-/m0/s1. The Labute approximate surface area is 138 Å². The lowest BCUT2D eigenvalue weighted by atomic mass is 9.84. The minimum atomic E-state index is -1.51. The maximum atomic E-state index is 12.9. The highest BCUT2D eigenvalue weighted by atomic mass is 32.2. The highest BCUT2D eigenvalue weighted by molar-refractivity contribution is 7.85. The number of ether oxygens (including phenoxy) is 1. The van der Waals surface area contributed by atoms with Gasteiger partial charge in [0.05, 0.1) is 24.0 Å². The van der Waals surface area contributed by atoms with E-state index in [1.165, 1.54) is 14.0 Å². The van der Waals surface area contributed by atoms with Gasteiger partial charge >= 0.3 is 5.97 Å². The van der Waals surface area contributed by atoms with Gasteiger partial charge < -0.3 is 4.74 Å². The van der Waals surface area contributed by atoms with Crippen LogP contribution >= 0.6 is 0 Å². The van der Waals surface area contributed by atoms with Crippen molar-refractivity contribution in [3.05, 3.63) is 59.7 Å². The second-order valence-electron chi connectivity index (χ2n) is 5.31. The molecule has 0 bridgehead atoms. The molecule has 0 spiro atoms. The lowest BCUT2D eigenvalue weighted by Gasteiger charge is -2.21. The average Bonchev–Trinajstić information content (AvgIpc) is 2.60. The van der Waals surface area contributed by atoms with Gasteiger partial charge in [-0.3, -0.25) is 0 Å². The Morgan fingerprint density at radius 2 is 1.78 bits per heavy atom. The zero-order valence-electron chi connectivity index (χ0n) is 13.2. The third-order valence-electron chi connectivity index (χ3n) is 3.68. The molecule has 0 aromatic heterocycles. The van der Waals surface area contributed by atoms with Crippen molar-refractivity contribution in [2.75, 3.05) is 7.11 Å². The highest BCUT2D eigenvalue weighted by Gasteiger charge is 2.39. The Kier molecular flexibility index (Phi) is 4.97. The second-order valence-corrected chi connectivity index (χ2v) is 6.76. The molecule has 0 aliphatic rings. The smallest absolute Gasteiger partial charge is 0.330 e. The van der Waals surface area contributed by atoms with Crippen molar-refractivity contribution in [1.82, 2.24) is 0 Å². The van der Waals surface area contributed by atoms with Crippen LogP contribution in [0.25, 0.3) is 0 Å². The fraction of sp³-hybridized carbons (Fsp3) is 0.222. The van der Waals surface area contributed by atoms with Crippen LogP contribution in [0.15, 0.2) is 58.3 Å². The van der Waals surface area contributed by atoms with Crippen LogP contribution in [0.5, 0.6) is 0 Å². The summed E-state index contributed by atoms with van der Waals surface area (Å²) in [5.74, 6) is -0.673. The van der Waals surface area contributed by atoms with Gasteiger partial charge in [0.2, 0.25) is 0 Å². The van der Waals surface area contributed by atoms with Gasteiger partial charge in [-0.05, 0) is 37.6 Å². The summed E-state index contributed by atoms with van der Waals surface area (Å²) in [6.45, 7) is 3.43. The summed E-state index contributed by atoms with van der Waals surface area (Å²) in [6.07, 6.45) is 0. The quantitative estimate of drug-likeness (QED) is 0.809. The van der Waals surface area contributed by atoms with Crippen molar-refractivity contribution in [2.45, 2.75) is 29.1 Å². The molecular formula is C18H17NO3S. The summed E-state index contributed by atoms with van der Waals surface area (Å²) < 4.78 is 17.7. The minimum Gasteiger partial charge on any atom is -0.468 e. The van der Waals surface area contributed by atoms with Gasteiger partial charge in [0.15, 0.2) is 5.41 Å². The molecule has 0 heterocycles. The third-order valence-corrected chi connectivity index (χ3v) is 5.13. The molecule has 0 radical (unpaired) electrons. The zero-order chi connectivity index (χ0) is 17.0. The van der Waals surface area contributed by atoms with Crippen LogP contribution in [0, 0.1) is 18.3 Å². The fourth-order valence-corrected chi connectivity index (χ4v) is 3.56. The molecule has 0 N–H and O–H groups in total. The SMILES string of the molecule is COC(=O)[C@@](C)(C#N)c1ccccc1[S@@](=O)c1ccc(C)cc1. The van der Waals surface area contributed by atoms with Gasteiger partial charge in [0.25, 0.3) is 0 Å². The van der Waals surface area contributed by atoms with Crippen molar-refractivity contribution in [3.63, 3.8) is 0 Å². The molecule has 118 valence electrons. The largest absolute Gasteiger partial charge is 0.468 e. The normalized spacial score (nSPS) is 14.3. The lowest BCUT2D eigenvalue weighted by molar-refractivity contribution is -0.144. The molecule has 0 aliphatic carbocycles. The van der Waals surface area contributed by atoms with E-state index >= 15 is 0 Å². The van der Waals surface area contributed by atoms with Gasteiger partial charge in [-0.15, -0.1) is 0 Å². The van der Waals surface area contributed by atoms with Crippen molar-refractivity contribution in [2.24, 2.45) is 0 Å². The summed E-state index contributed by atoms with van der Waals surface area (Å²) in [5.41, 5.74) is -0.0465. The molecule has 5 heteroatoms. The Hall–Kier alpha value is -2.45. The number of carbonyl (C=O) groups excluding carboxylic acids is 1. The Bertz CT molecular complexity index is 793. The van der Waals surface area contributed by atoms with E-state index in [0.29, 0.717) is 15.4 Å². The first-order valence-corrected chi connectivity index (χ1v) is 8.16. The van der Waals surface area contributed by atoms with E-state index in [-0.39, 0.29) is 0 Å². The van der Waals surface area contributed by atoms with Crippen molar-refractivity contribution in [1.29, 1.82) is 5.26 Å². The Balaban J connectivity index is 2.58. The lowest BCUT2D eigenvalue weighted by Crippen LogP contribution is -2.33. The Morgan fingerprint density at radius 1 is 1.17 bits per heavy atom. The number of nitriles is 1. The van der Waals surface area contributed by atoms with E-state index in [1.807, 2.05) is 25.1 Å². The van der Waals surface area contributed by atoms with Gasteiger partial charge in [-0.2, -0.15) is 5.26 Å². The average molecular weight is 327 g/mol. The van der Waals surface area contributed by atoms with E-state index in [9.17, 15) is 14.3 Å². The molecule has 0 fully saturated rings. The molecular weight excluding hydrogens is 310 g/mol. The molecule has 2 aromatic rings. The zero-order valence-corrected chi connectivity index (χ0v) is 14.0. The molecule has 0 saturated carbocycles. The third kappa shape index (κ3) is 3.17. The van der Waals surface area contributed by atoms with Crippen LogP contribution in [0.1, 0.15) is 18.1 Å². The van der Waals surface area contributed by atoms with Gasteiger partial charge in [0, 0.05) is 9.79 Å². The first-order valence-electron chi connectivity index (χ1n) is 7.01. The Morgan fingerprint density at radius 3 is 2.35 bits per heavy atom. The number of rotatable bonds is 4. The molecule has 0 saturated heterocycles. The molecule has 2 aromatic carbocycles. The molecule has 0 amide bonds. The van der Waals surface area contributed by atoms with Crippen LogP contribution < -0.4 is 0 Å². The summed E-state index contributed by atoms with van der Waals surface area (Å²) in [4.78, 5) is 13.1. The summed E-state index contributed by atoms with van der Waals surface area (Å²) in [5, 5.41) is 9.50. The second kappa shape index (κ2) is 6.76. The first-order chi connectivity index (χ1) is 10.9. The van der Waals surface area contributed by atoms with Crippen molar-refractivity contribution >= 4 is 16.8 Å². The topological polar surface area (TPSA) is 67.2 Å². The number of carbonyl (C=O) groups is 1. The molecule has 0 aliphatic heterocycles. The number of esters is 1. The maximum absolute atomic E-state index is 12.9. The molecule has 0 unspecified atom stereocenters. The van der Waals surface area contributed by atoms with E-state index in [1.54, 1.807) is 36.4 Å².